The first-order valence-corrected chi connectivity index (χ1v) is 5.39. The monoisotopic (exact) mass is 243 g/mol. The van der Waals surface area contributed by atoms with Crippen molar-refractivity contribution < 1.29 is 9.47 Å². The second-order valence-corrected chi connectivity index (χ2v) is 3.64. The average molecular weight is 244 g/mol. The highest BCUT2D eigenvalue weighted by Crippen LogP contribution is 2.32. The summed E-state index contributed by atoms with van der Waals surface area (Å²) in [4.78, 5) is 0. The molecular formula is C12H18ClNO2. The Hall–Kier alpha value is -0.930. The van der Waals surface area contributed by atoms with Crippen LogP contribution >= 0.6 is 12.4 Å². The van der Waals surface area contributed by atoms with E-state index in [1.807, 2.05) is 13.0 Å². The summed E-state index contributed by atoms with van der Waals surface area (Å²) in [6.45, 7) is 3.76. The van der Waals surface area contributed by atoms with Gasteiger partial charge in [-0.1, -0.05) is 6.07 Å². The van der Waals surface area contributed by atoms with Crippen LogP contribution < -0.4 is 14.8 Å². The van der Waals surface area contributed by atoms with Crippen LogP contribution in [0.25, 0.3) is 0 Å². The molecule has 1 aromatic rings. The highest BCUT2D eigenvalue weighted by molar-refractivity contribution is 5.85. The smallest absolute Gasteiger partial charge is 0.161 e. The molecule has 4 heteroatoms. The fraction of sp³-hybridized carbons (Fsp3) is 0.500. The van der Waals surface area contributed by atoms with E-state index < -0.39 is 0 Å². The lowest BCUT2D eigenvalue weighted by Crippen LogP contribution is -2.34. The fourth-order valence-electron chi connectivity index (χ4n) is 1.75. The second-order valence-electron chi connectivity index (χ2n) is 3.64. The summed E-state index contributed by atoms with van der Waals surface area (Å²) in [7, 11) is 1.67. The van der Waals surface area contributed by atoms with E-state index in [9.17, 15) is 0 Å². The van der Waals surface area contributed by atoms with Crippen LogP contribution in [0.1, 0.15) is 24.9 Å². The van der Waals surface area contributed by atoms with Gasteiger partial charge in [0.05, 0.1) is 13.7 Å². The third kappa shape index (κ3) is 2.60. The fourth-order valence-corrected chi connectivity index (χ4v) is 1.75. The van der Waals surface area contributed by atoms with Gasteiger partial charge in [-0.3, -0.25) is 0 Å². The molecule has 0 amide bonds. The van der Waals surface area contributed by atoms with Crippen molar-refractivity contribution in [1.29, 1.82) is 0 Å². The van der Waals surface area contributed by atoms with Gasteiger partial charge in [-0.15, -0.1) is 12.4 Å². The largest absolute Gasteiger partial charge is 0.493 e. The maximum Gasteiger partial charge on any atom is 0.161 e. The molecule has 3 nitrogen and oxygen atoms in total. The molecule has 0 bridgehead atoms. The predicted molar refractivity (Wildman–Crippen MR) is 66.8 cm³/mol. The number of nitrogens with one attached hydrogen (secondary N) is 1. The van der Waals surface area contributed by atoms with Crippen LogP contribution in [0.4, 0.5) is 0 Å². The number of ether oxygens (including phenoxy) is 2. The highest BCUT2D eigenvalue weighted by Gasteiger charge is 2.19. The molecule has 1 heterocycles. The van der Waals surface area contributed by atoms with E-state index >= 15 is 0 Å². The summed E-state index contributed by atoms with van der Waals surface area (Å²) in [5.41, 5.74) is 1.28. The van der Waals surface area contributed by atoms with E-state index in [4.69, 9.17) is 9.47 Å². The molecule has 1 aliphatic heterocycles. The minimum atomic E-state index is 0. The van der Waals surface area contributed by atoms with Gasteiger partial charge in [0.25, 0.3) is 0 Å². The van der Waals surface area contributed by atoms with Crippen LogP contribution in [-0.4, -0.2) is 20.3 Å². The second kappa shape index (κ2) is 5.97. The van der Waals surface area contributed by atoms with Crippen molar-refractivity contribution in [2.45, 2.75) is 19.4 Å². The molecule has 1 saturated heterocycles. The Morgan fingerprint density at radius 1 is 1.38 bits per heavy atom. The average Bonchev–Trinajstić information content (AvgIpc) is 2.16. The maximum absolute atomic E-state index is 5.53. The van der Waals surface area contributed by atoms with Gasteiger partial charge in [0.15, 0.2) is 11.5 Å². The highest BCUT2D eigenvalue weighted by atomic mass is 35.5. The SMILES string of the molecule is CCOc1cc([C@H]2CCN2)ccc1OC.Cl. The van der Waals surface area contributed by atoms with Crippen LogP contribution in [-0.2, 0) is 0 Å². The van der Waals surface area contributed by atoms with E-state index in [-0.39, 0.29) is 12.4 Å². The number of methoxy groups -OCH3 is 1. The van der Waals surface area contributed by atoms with Crippen molar-refractivity contribution in [1.82, 2.24) is 5.32 Å². The maximum atomic E-state index is 5.53. The van der Waals surface area contributed by atoms with Crippen molar-refractivity contribution >= 4 is 12.4 Å². The van der Waals surface area contributed by atoms with Gasteiger partial charge in [0.1, 0.15) is 0 Å². The molecule has 0 aliphatic carbocycles. The molecule has 90 valence electrons. The minimum absolute atomic E-state index is 0. The molecule has 16 heavy (non-hydrogen) atoms. The van der Waals surface area contributed by atoms with Crippen LogP contribution in [0, 0.1) is 0 Å². The molecule has 0 saturated carbocycles. The zero-order chi connectivity index (χ0) is 10.7. The Morgan fingerprint density at radius 2 is 2.12 bits per heavy atom. The molecular weight excluding hydrogens is 226 g/mol. The topological polar surface area (TPSA) is 30.5 Å². The van der Waals surface area contributed by atoms with Crippen molar-refractivity contribution in [2.75, 3.05) is 20.3 Å². The standard InChI is InChI=1S/C12H17NO2.ClH/c1-3-15-12-8-9(10-6-7-13-10)4-5-11(12)14-2;/h4-5,8,10,13H,3,6-7H2,1-2H3;1H/t10-;/m1./s1. The molecule has 1 aromatic carbocycles. The van der Waals surface area contributed by atoms with Crippen molar-refractivity contribution in [3.8, 4) is 11.5 Å². The Bertz CT molecular complexity index is 340. The number of halogens is 1. The minimum Gasteiger partial charge on any atom is -0.493 e. The van der Waals surface area contributed by atoms with E-state index in [0.29, 0.717) is 12.6 Å². The van der Waals surface area contributed by atoms with Gasteiger partial charge >= 0.3 is 0 Å². The Labute approximate surface area is 103 Å². The summed E-state index contributed by atoms with van der Waals surface area (Å²) in [5.74, 6) is 1.64. The van der Waals surface area contributed by atoms with Crippen LogP contribution in [0.3, 0.4) is 0 Å². The van der Waals surface area contributed by atoms with Gasteiger partial charge in [-0.25, -0.2) is 0 Å². The third-order valence-electron chi connectivity index (χ3n) is 2.71. The molecule has 1 N–H and O–H groups in total. The lowest BCUT2D eigenvalue weighted by molar-refractivity contribution is 0.308. The first-order chi connectivity index (χ1) is 7.35. The molecule has 0 spiro atoms. The summed E-state index contributed by atoms with van der Waals surface area (Å²) in [6, 6.07) is 6.63. The molecule has 1 fully saturated rings. The quantitative estimate of drug-likeness (QED) is 0.882. The molecule has 0 aromatic heterocycles. The Kier molecular flexibility index (Phi) is 4.90. The predicted octanol–water partition coefficient (Wildman–Crippen LogP) is 2.55. The van der Waals surface area contributed by atoms with Gasteiger partial charge in [-0.05, 0) is 37.6 Å². The van der Waals surface area contributed by atoms with Gasteiger partial charge in [-0.2, -0.15) is 0 Å². The number of rotatable bonds is 4. The normalized spacial score (nSPS) is 18.2. The number of benzene rings is 1. The van der Waals surface area contributed by atoms with Gasteiger partial charge < -0.3 is 14.8 Å². The first kappa shape index (κ1) is 13.1. The van der Waals surface area contributed by atoms with Crippen LogP contribution in [0.5, 0.6) is 11.5 Å². The summed E-state index contributed by atoms with van der Waals surface area (Å²) in [6.07, 6.45) is 1.21. The van der Waals surface area contributed by atoms with Crippen LogP contribution in [0.15, 0.2) is 18.2 Å². The van der Waals surface area contributed by atoms with Crippen LogP contribution in [0.2, 0.25) is 0 Å². The van der Waals surface area contributed by atoms with E-state index in [1.54, 1.807) is 7.11 Å². The van der Waals surface area contributed by atoms with E-state index in [0.717, 1.165) is 18.0 Å². The number of hydrogen-bond donors (Lipinski definition) is 1. The van der Waals surface area contributed by atoms with E-state index in [1.165, 1.54) is 12.0 Å². The summed E-state index contributed by atoms with van der Waals surface area (Å²) >= 11 is 0. The molecule has 0 unspecified atom stereocenters. The third-order valence-corrected chi connectivity index (χ3v) is 2.71. The Morgan fingerprint density at radius 3 is 2.62 bits per heavy atom. The van der Waals surface area contributed by atoms with Gasteiger partial charge in [0, 0.05) is 6.04 Å². The van der Waals surface area contributed by atoms with Gasteiger partial charge in [0.2, 0.25) is 0 Å². The molecule has 1 aliphatic rings. The zero-order valence-corrected chi connectivity index (χ0v) is 10.5. The summed E-state index contributed by atoms with van der Waals surface area (Å²) < 4.78 is 10.8. The van der Waals surface area contributed by atoms with Crippen molar-refractivity contribution in [3.63, 3.8) is 0 Å². The molecule has 2 rings (SSSR count). The lowest BCUT2D eigenvalue weighted by atomic mass is 9.98. The Balaban J connectivity index is 0.00000128. The lowest BCUT2D eigenvalue weighted by Gasteiger charge is -2.28. The van der Waals surface area contributed by atoms with Crippen molar-refractivity contribution in [3.05, 3.63) is 23.8 Å². The summed E-state index contributed by atoms with van der Waals surface area (Å²) in [5, 5.41) is 3.37. The molecule has 0 radical (unpaired) electrons. The first-order valence-electron chi connectivity index (χ1n) is 5.39. The van der Waals surface area contributed by atoms with E-state index in [2.05, 4.69) is 17.4 Å². The zero-order valence-electron chi connectivity index (χ0n) is 9.66. The molecule has 1 atom stereocenters. The van der Waals surface area contributed by atoms with Crippen molar-refractivity contribution in [2.24, 2.45) is 0 Å². The number of hydrogen-bond acceptors (Lipinski definition) is 3.